The molecule has 0 saturated heterocycles. The molecule has 0 heterocycles. The van der Waals surface area contributed by atoms with E-state index in [0.29, 0.717) is 0 Å². The summed E-state index contributed by atoms with van der Waals surface area (Å²) in [7, 11) is 0. The molecule has 2 nitrogen and oxygen atoms in total. The number of phenolic OH excluding ortho intramolecular Hbond substituents is 1. The minimum atomic E-state index is -0.170. The number of hydrogen-bond acceptors (Lipinski definition) is 3. The maximum Gasteiger partial charge on any atom is 0.127 e. The average Bonchev–Trinajstić information content (AvgIpc) is 2.78. The Labute approximate surface area is 189 Å². The zero-order valence-electron chi connectivity index (χ0n) is 18.4. The van der Waals surface area contributed by atoms with Gasteiger partial charge in [-0.05, 0) is 85.7 Å². The van der Waals surface area contributed by atoms with Crippen molar-refractivity contribution in [2.24, 2.45) is 0 Å². The van der Waals surface area contributed by atoms with E-state index < -0.39 is 0 Å². The van der Waals surface area contributed by atoms with Crippen LogP contribution in [0.4, 0.5) is 0 Å². The van der Waals surface area contributed by atoms with E-state index in [1.807, 2.05) is 62.4 Å². The van der Waals surface area contributed by atoms with Gasteiger partial charge in [0.05, 0.1) is 0 Å². The Hall–Kier alpha value is -3.13. The Kier molecular flexibility index (Phi) is 7.46. The first-order valence-electron chi connectivity index (χ1n) is 10.3. The first kappa shape index (κ1) is 22.6. The van der Waals surface area contributed by atoms with E-state index in [1.165, 1.54) is 5.56 Å². The molecule has 0 spiro atoms. The van der Waals surface area contributed by atoms with Crippen LogP contribution in [-0.4, -0.2) is 5.11 Å². The van der Waals surface area contributed by atoms with Gasteiger partial charge in [0.25, 0.3) is 0 Å². The molecule has 3 aromatic carbocycles. The van der Waals surface area contributed by atoms with Crippen LogP contribution in [0.25, 0.3) is 0 Å². The van der Waals surface area contributed by atoms with Gasteiger partial charge in [0.1, 0.15) is 17.2 Å². The van der Waals surface area contributed by atoms with Crippen molar-refractivity contribution in [3.63, 3.8) is 0 Å². The average molecular weight is 429 g/mol. The smallest absolute Gasteiger partial charge is 0.127 e. The van der Waals surface area contributed by atoms with Crippen molar-refractivity contribution >= 4 is 11.8 Å². The molecular formula is C28H28O2S. The standard InChI is InChI=1S/C28H28O2S/c1-5-7-8-26(6-2)31-27-19-17-25(18-20-27)30-24-15-11-22(12-16-24)28(3,4)21-9-13-23(29)14-10-21/h5-6,8-20,29H,1-4H3/b26-6+. The van der Waals surface area contributed by atoms with Crippen molar-refractivity contribution in [1.82, 2.24) is 0 Å². The number of benzene rings is 3. The molecule has 0 atom stereocenters. The van der Waals surface area contributed by atoms with Crippen LogP contribution in [-0.2, 0) is 5.41 Å². The van der Waals surface area contributed by atoms with Crippen LogP contribution in [0.5, 0.6) is 17.2 Å². The third-order valence-corrected chi connectivity index (χ3v) is 6.23. The van der Waals surface area contributed by atoms with E-state index in [1.54, 1.807) is 23.9 Å². The highest BCUT2D eigenvalue weighted by molar-refractivity contribution is 8.03. The Bertz CT molecular complexity index is 1080. The van der Waals surface area contributed by atoms with E-state index in [2.05, 4.69) is 49.9 Å². The number of thioether (sulfide) groups is 1. The number of rotatable bonds is 7. The van der Waals surface area contributed by atoms with Crippen molar-refractivity contribution in [3.8, 4) is 17.2 Å². The van der Waals surface area contributed by atoms with Crippen LogP contribution >= 0.6 is 11.8 Å². The zero-order valence-corrected chi connectivity index (χ0v) is 19.2. The summed E-state index contributed by atoms with van der Waals surface area (Å²) in [6.07, 6.45) is 5.96. The Morgan fingerprint density at radius 3 is 1.87 bits per heavy atom. The summed E-state index contributed by atoms with van der Waals surface area (Å²) in [5, 5.41) is 9.55. The molecule has 31 heavy (non-hydrogen) atoms. The van der Waals surface area contributed by atoms with Gasteiger partial charge in [0.15, 0.2) is 0 Å². The monoisotopic (exact) mass is 428 g/mol. The normalized spacial score (nSPS) is 11.5. The summed E-state index contributed by atoms with van der Waals surface area (Å²) in [6.45, 7) is 8.34. The van der Waals surface area contributed by atoms with Crippen LogP contribution in [0.3, 0.4) is 0 Å². The second-order valence-corrected chi connectivity index (χ2v) is 8.81. The lowest BCUT2D eigenvalue weighted by molar-refractivity contribution is 0.474. The van der Waals surface area contributed by atoms with E-state index >= 15 is 0 Å². The highest BCUT2D eigenvalue weighted by atomic mass is 32.2. The summed E-state index contributed by atoms with van der Waals surface area (Å²) in [5.74, 6) is 1.89. The Morgan fingerprint density at radius 2 is 1.35 bits per heavy atom. The molecule has 0 unspecified atom stereocenters. The molecule has 0 saturated carbocycles. The predicted molar refractivity (Wildman–Crippen MR) is 131 cm³/mol. The topological polar surface area (TPSA) is 29.5 Å². The molecule has 0 bridgehead atoms. The van der Waals surface area contributed by atoms with Gasteiger partial charge in [-0.25, -0.2) is 0 Å². The van der Waals surface area contributed by atoms with Crippen molar-refractivity contribution < 1.29 is 9.84 Å². The van der Waals surface area contributed by atoms with E-state index in [4.69, 9.17) is 4.74 Å². The molecule has 0 aliphatic rings. The van der Waals surface area contributed by atoms with Crippen molar-refractivity contribution in [1.29, 1.82) is 0 Å². The fourth-order valence-electron chi connectivity index (χ4n) is 3.17. The molecular weight excluding hydrogens is 400 g/mol. The minimum Gasteiger partial charge on any atom is -0.508 e. The van der Waals surface area contributed by atoms with Crippen LogP contribution < -0.4 is 4.74 Å². The molecule has 0 fully saturated rings. The fraction of sp³-hybridized carbons (Fsp3) is 0.179. The number of ether oxygens (including phenoxy) is 1. The molecule has 0 radical (unpaired) electrons. The first-order chi connectivity index (χ1) is 14.9. The number of aromatic hydroxyl groups is 1. The maximum atomic E-state index is 9.55. The molecule has 3 heteroatoms. The summed E-state index contributed by atoms with van der Waals surface area (Å²) < 4.78 is 6.04. The minimum absolute atomic E-state index is 0.170. The molecule has 0 aliphatic carbocycles. The molecule has 0 amide bonds. The van der Waals surface area contributed by atoms with Crippen molar-refractivity contribution in [3.05, 3.63) is 113 Å². The van der Waals surface area contributed by atoms with Crippen LogP contribution in [0, 0.1) is 0 Å². The highest BCUT2D eigenvalue weighted by Gasteiger charge is 2.23. The Morgan fingerprint density at radius 1 is 0.839 bits per heavy atom. The second kappa shape index (κ2) is 10.3. The molecule has 158 valence electrons. The van der Waals surface area contributed by atoms with Gasteiger partial charge in [-0.15, -0.1) is 5.73 Å². The lowest BCUT2D eigenvalue weighted by Gasteiger charge is -2.26. The quantitative estimate of drug-likeness (QED) is 0.233. The van der Waals surface area contributed by atoms with Gasteiger partial charge >= 0.3 is 0 Å². The molecule has 1 N–H and O–H groups in total. The van der Waals surface area contributed by atoms with E-state index in [9.17, 15) is 5.11 Å². The second-order valence-electron chi connectivity index (χ2n) is 7.66. The van der Waals surface area contributed by atoms with Gasteiger partial charge in [-0.2, -0.15) is 0 Å². The first-order valence-corrected chi connectivity index (χ1v) is 11.1. The van der Waals surface area contributed by atoms with Crippen LogP contribution in [0.2, 0.25) is 0 Å². The summed E-state index contributed by atoms with van der Waals surface area (Å²) >= 11 is 1.70. The van der Waals surface area contributed by atoms with Gasteiger partial charge in [-0.1, -0.05) is 56.0 Å². The maximum absolute atomic E-state index is 9.55. The molecule has 3 aromatic rings. The van der Waals surface area contributed by atoms with E-state index in [0.717, 1.165) is 26.9 Å². The number of hydrogen-bond donors (Lipinski definition) is 1. The largest absolute Gasteiger partial charge is 0.508 e. The summed E-state index contributed by atoms with van der Waals surface area (Å²) in [5.41, 5.74) is 5.28. The molecule has 0 aromatic heterocycles. The lowest BCUT2D eigenvalue weighted by atomic mass is 9.78. The lowest BCUT2D eigenvalue weighted by Crippen LogP contribution is -2.18. The number of phenols is 1. The van der Waals surface area contributed by atoms with Gasteiger partial charge in [-0.3, -0.25) is 0 Å². The van der Waals surface area contributed by atoms with Crippen molar-refractivity contribution in [2.75, 3.05) is 0 Å². The molecule has 3 rings (SSSR count). The highest BCUT2D eigenvalue weighted by Crippen LogP contribution is 2.34. The summed E-state index contributed by atoms with van der Waals surface area (Å²) in [6, 6.07) is 23.7. The van der Waals surface area contributed by atoms with Gasteiger partial charge in [0, 0.05) is 15.2 Å². The van der Waals surface area contributed by atoms with Crippen LogP contribution in [0.1, 0.15) is 38.8 Å². The number of allylic oxidation sites excluding steroid dienone is 2. The third kappa shape index (κ3) is 5.95. The van der Waals surface area contributed by atoms with Gasteiger partial charge in [0.2, 0.25) is 0 Å². The van der Waals surface area contributed by atoms with Gasteiger partial charge < -0.3 is 9.84 Å². The molecule has 0 aliphatic heterocycles. The fourth-order valence-corrected chi connectivity index (χ4v) is 3.96. The Balaban J connectivity index is 1.68. The van der Waals surface area contributed by atoms with Crippen LogP contribution in [0.15, 0.2) is 107 Å². The SMILES string of the molecule is CC=C=C/C(=C\C)Sc1ccc(Oc2ccc(C(C)(C)c3ccc(O)cc3)cc2)cc1. The summed E-state index contributed by atoms with van der Waals surface area (Å²) in [4.78, 5) is 2.30. The predicted octanol–water partition coefficient (Wildman–Crippen LogP) is 8.24. The zero-order chi connectivity index (χ0) is 22.3. The third-order valence-electron chi connectivity index (χ3n) is 5.14. The van der Waals surface area contributed by atoms with E-state index in [-0.39, 0.29) is 11.2 Å². The van der Waals surface area contributed by atoms with Crippen molar-refractivity contribution in [2.45, 2.75) is 38.0 Å².